The molecule has 1 fully saturated rings. The number of unbranched alkanes of at least 4 members (excludes halogenated alkanes) is 1. The van der Waals surface area contributed by atoms with Crippen molar-refractivity contribution in [1.82, 2.24) is 14.6 Å². The van der Waals surface area contributed by atoms with Gasteiger partial charge in [-0.15, -0.1) is 0 Å². The van der Waals surface area contributed by atoms with Gasteiger partial charge in [-0.25, -0.2) is 9.36 Å². The van der Waals surface area contributed by atoms with Gasteiger partial charge in [0.1, 0.15) is 17.9 Å². The Morgan fingerprint density at radius 3 is 2.68 bits per heavy atom. The molecule has 14 heteroatoms. The molecule has 204 valence electrons. The van der Waals surface area contributed by atoms with Gasteiger partial charge in [0.25, 0.3) is 5.56 Å². The van der Waals surface area contributed by atoms with E-state index in [2.05, 4.69) is 5.09 Å². The molecule has 2 heterocycles. The minimum Gasteiger partial charge on any atom is -0.465 e. The third-order valence-corrected chi connectivity index (χ3v) is 7.29. The van der Waals surface area contributed by atoms with Crippen LogP contribution in [-0.2, 0) is 23.4 Å². The Hall–Kier alpha value is -2.83. The summed E-state index contributed by atoms with van der Waals surface area (Å²) >= 11 is 0. The molecule has 6 atom stereocenters. The molecule has 2 aromatic rings. The van der Waals surface area contributed by atoms with Crippen molar-refractivity contribution < 1.29 is 37.4 Å². The van der Waals surface area contributed by atoms with Gasteiger partial charge in [-0.1, -0.05) is 31.5 Å². The fourth-order valence-corrected chi connectivity index (χ4v) is 5.12. The number of halogens is 1. The summed E-state index contributed by atoms with van der Waals surface area (Å²) in [4.78, 5) is 37.9. The Balaban J connectivity index is 1.76. The third kappa shape index (κ3) is 7.59. The van der Waals surface area contributed by atoms with Crippen molar-refractivity contribution in [3.05, 3.63) is 63.4 Å². The van der Waals surface area contributed by atoms with Gasteiger partial charge in [-0.2, -0.15) is 5.09 Å². The second-order valence-electron chi connectivity index (χ2n) is 8.46. The number of nitrogens with one attached hydrogen (secondary N) is 2. The molecule has 0 amide bonds. The van der Waals surface area contributed by atoms with Crippen molar-refractivity contribution in [1.29, 1.82) is 0 Å². The number of hydrogen-bond acceptors (Lipinski definition) is 9. The van der Waals surface area contributed by atoms with Crippen molar-refractivity contribution in [2.24, 2.45) is 5.92 Å². The maximum absolute atomic E-state index is 13.9. The van der Waals surface area contributed by atoms with Crippen LogP contribution in [-0.4, -0.2) is 58.8 Å². The molecular formula is C23H31FN3O9P. The SMILES string of the molecule is CCCCOC(=O)C(C)N[P@@](=O)(OC[C@H]1O[C@@H](n2ccc(=O)[nH]c2=O)[C@H](O)[C@@H]1CF)Oc1ccccc1. The normalized spacial score (nSPS) is 23.8. The van der Waals surface area contributed by atoms with Crippen molar-refractivity contribution in [2.75, 3.05) is 19.9 Å². The van der Waals surface area contributed by atoms with Crippen molar-refractivity contribution in [3.63, 3.8) is 0 Å². The number of alkyl halides is 1. The Labute approximate surface area is 212 Å². The van der Waals surface area contributed by atoms with Crippen LogP contribution in [0.1, 0.15) is 32.9 Å². The van der Waals surface area contributed by atoms with E-state index in [1.165, 1.54) is 19.1 Å². The van der Waals surface area contributed by atoms with E-state index in [-0.39, 0.29) is 12.4 Å². The number of aliphatic hydroxyl groups excluding tert-OH is 1. The highest BCUT2D eigenvalue weighted by atomic mass is 31.2. The number of benzene rings is 1. The van der Waals surface area contributed by atoms with Crippen LogP contribution in [0.4, 0.5) is 4.39 Å². The topological polar surface area (TPSA) is 158 Å². The molecule has 1 aliphatic heterocycles. The van der Waals surface area contributed by atoms with E-state index in [0.29, 0.717) is 6.42 Å². The number of H-pyrrole nitrogens is 1. The van der Waals surface area contributed by atoms with E-state index >= 15 is 0 Å². The number of aromatic amines is 1. The largest absolute Gasteiger partial charge is 0.465 e. The minimum absolute atomic E-state index is 0.178. The van der Waals surface area contributed by atoms with E-state index in [9.17, 15) is 28.4 Å². The zero-order valence-corrected chi connectivity index (χ0v) is 21.3. The number of esters is 1. The Morgan fingerprint density at radius 1 is 1.30 bits per heavy atom. The zero-order chi connectivity index (χ0) is 27.0. The van der Waals surface area contributed by atoms with Crippen LogP contribution >= 0.6 is 7.75 Å². The van der Waals surface area contributed by atoms with E-state index in [1.54, 1.807) is 18.2 Å². The lowest BCUT2D eigenvalue weighted by Crippen LogP contribution is -2.37. The van der Waals surface area contributed by atoms with Gasteiger partial charge in [-0.05, 0) is 25.5 Å². The first-order valence-corrected chi connectivity index (χ1v) is 13.4. The average Bonchev–Trinajstić information content (AvgIpc) is 3.18. The quantitative estimate of drug-likeness (QED) is 0.194. The summed E-state index contributed by atoms with van der Waals surface area (Å²) in [5.41, 5.74) is -1.51. The molecule has 37 heavy (non-hydrogen) atoms. The number of aliphatic hydroxyl groups is 1. The van der Waals surface area contributed by atoms with E-state index in [4.69, 9.17) is 18.5 Å². The highest BCUT2D eigenvalue weighted by Crippen LogP contribution is 2.46. The summed E-state index contributed by atoms with van der Waals surface area (Å²) in [6.07, 6.45) is -1.35. The molecule has 0 aliphatic carbocycles. The minimum atomic E-state index is -4.26. The lowest BCUT2D eigenvalue weighted by atomic mass is 10.00. The molecule has 1 unspecified atom stereocenters. The summed E-state index contributed by atoms with van der Waals surface area (Å²) in [7, 11) is -4.26. The number of hydrogen-bond donors (Lipinski definition) is 3. The molecule has 0 saturated carbocycles. The standard InChI is InChI=1S/C23H31FN3O9P/c1-3-4-12-33-22(30)15(2)26-37(32,36-16-8-6-5-7-9-16)34-14-18-17(13-24)20(29)21(35-18)27-11-10-19(28)25-23(27)31/h5-11,15,17-18,20-21,29H,3-4,12-14H2,1-2H3,(H,26,32)(H,25,28,31)/t15?,17-,18-,20-,21-,37-/m1/s1. The summed E-state index contributed by atoms with van der Waals surface area (Å²) in [5.74, 6) is -1.64. The van der Waals surface area contributed by atoms with E-state index < -0.39 is 68.6 Å². The molecule has 1 aliphatic rings. The first-order chi connectivity index (χ1) is 17.7. The van der Waals surface area contributed by atoms with Crippen molar-refractivity contribution >= 4 is 13.7 Å². The number of carbonyl (C=O) groups is 1. The van der Waals surface area contributed by atoms with Gasteiger partial charge in [0.05, 0.1) is 26.0 Å². The first-order valence-electron chi connectivity index (χ1n) is 11.8. The van der Waals surface area contributed by atoms with Crippen LogP contribution in [0.3, 0.4) is 0 Å². The Morgan fingerprint density at radius 2 is 2.03 bits per heavy atom. The van der Waals surface area contributed by atoms with Crippen LogP contribution in [0.25, 0.3) is 0 Å². The molecule has 0 radical (unpaired) electrons. The maximum Gasteiger partial charge on any atom is 0.459 e. The lowest BCUT2D eigenvalue weighted by Gasteiger charge is -2.25. The molecule has 1 aromatic heterocycles. The molecule has 1 aromatic carbocycles. The Bertz CT molecular complexity index is 1190. The summed E-state index contributed by atoms with van der Waals surface area (Å²) in [6.45, 7) is 2.01. The summed E-state index contributed by atoms with van der Waals surface area (Å²) in [6, 6.07) is 8.04. The van der Waals surface area contributed by atoms with Gasteiger partial charge in [0.15, 0.2) is 6.23 Å². The third-order valence-electron chi connectivity index (χ3n) is 5.65. The number of aromatic nitrogens is 2. The molecule has 0 bridgehead atoms. The molecule has 1 saturated heterocycles. The number of para-hydroxylation sites is 1. The van der Waals surface area contributed by atoms with Crippen molar-refractivity contribution in [3.8, 4) is 5.75 Å². The first kappa shape index (κ1) is 28.7. The van der Waals surface area contributed by atoms with Gasteiger partial charge in [-0.3, -0.25) is 28.1 Å². The van der Waals surface area contributed by atoms with Crippen molar-refractivity contribution in [2.45, 2.75) is 51.2 Å². The predicted octanol–water partition coefficient (Wildman–Crippen LogP) is 1.91. The van der Waals surface area contributed by atoms with Crippen LogP contribution < -0.4 is 20.9 Å². The lowest BCUT2D eigenvalue weighted by molar-refractivity contribution is -0.145. The summed E-state index contributed by atoms with van der Waals surface area (Å²) < 4.78 is 50.3. The average molecular weight is 543 g/mol. The van der Waals surface area contributed by atoms with E-state index in [0.717, 1.165) is 23.3 Å². The van der Waals surface area contributed by atoms with Gasteiger partial charge in [0.2, 0.25) is 0 Å². The number of rotatable bonds is 13. The number of nitrogens with zero attached hydrogens (tertiary/aromatic N) is 1. The Kier molecular flexibility index (Phi) is 10.2. The highest BCUT2D eigenvalue weighted by molar-refractivity contribution is 7.52. The molecule has 3 rings (SSSR count). The molecular weight excluding hydrogens is 512 g/mol. The molecule has 0 spiro atoms. The van der Waals surface area contributed by atoms with Crippen LogP contribution in [0, 0.1) is 5.92 Å². The van der Waals surface area contributed by atoms with Gasteiger partial charge < -0.3 is 19.1 Å². The maximum atomic E-state index is 13.9. The van der Waals surface area contributed by atoms with Crippen LogP contribution in [0.15, 0.2) is 52.2 Å². The highest BCUT2D eigenvalue weighted by Gasteiger charge is 2.46. The second kappa shape index (κ2) is 13.1. The fraction of sp³-hybridized carbons (Fsp3) is 0.522. The van der Waals surface area contributed by atoms with Gasteiger partial charge >= 0.3 is 19.4 Å². The zero-order valence-electron chi connectivity index (χ0n) is 20.4. The van der Waals surface area contributed by atoms with Gasteiger partial charge in [0, 0.05) is 18.2 Å². The van der Waals surface area contributed by atoms with Crippen LogP contribution in [0.5, 0.6) is 5.75 Å². The van der Waals surface area contributed by atoms with Crippen LogP contribution in [0.2, 0.25) is 0 Å². The molecule has 3 N–H and O–H groups in total. The monoisotopic (exact) mass is 543 g/mol. The molecule has 12 nitrogen and oxygen atoms in total. The number of ether oxygens (including phenoxy) is 2. The second-order valence-corrected chi connectivity index (χ2v) is 10.2. The number of carbonyl (C=O) groups excluding carboxylic acids is 1. The smallest absolute Gasteiger partial charge is 0.459 e. The van der Waals surface area contributed by atoms with E-state index in [1.807, 2.05) is 11.9 Å². The summed E-state index contributed by atoms with van der Waals surface area (Å²) in [5, 5.41) is 13.1. The fourth-order valence-electron chi connectivity index (χ4n) is 3.62. The predicted molar refractivity (Wildman–Crippen MR) is 130 cm³/mol.